The van der Waals surface area contributed by atoms with E-state index >= 15 is 0 Å². The molecule has 0 atom stereocenters. The molecular weight excluding hydrogens is 368 g/mol. The fourth-order valence-electron chi connectivity index (χ4n) is 1.66. The molecule has 1 aromatic carbocycles. The van der Waals surface area contributed by atoms with Gasteiger partial charge in [0.05, 0.1) is 5.75 Å². The van der Waals surface area contributed by atoms with Crippen LogP contribution in [0.2, 0.25) is 0 Å². The Morgan fingerprint density at radius 2 is 2.14 bits per heavy atom. The Labute approximate surface area is 140 Å². The van der Waals surface area contributed by atoms with Gasteiger partial charge in [0.25, 0.3) is 0 Å². The lowest BCUT2D eigenvalue weighted by Gasteiger charge is -2.08. The molecule has 116 valence electrons. The van der Waals surface area contributed by atoms with E-state index in [9.17, 15) is 4.79 Å². The third-order valence-corrected chi connectivity index (χ3v) is 4.15. The molecule has 0 saturated heterocycles. The lowest BCUT2D eigenvalue weighted by atomic mass is 10.3. The van der Waals surface area contributed by atoms with Crippen molar-refractivity contribution in [2.45, 2.75) is 18.3 Å². The van der Waals surface area contributed by atoms with Crippen molar-refractivity contribution in [3.8, 4) is 5.75 Å². The van der Waals surface area contributed by atoms with Crippen LogP contribution in [0.4, 0.5) is 0 Å². The Morgan fingerprint density at radius 3 is 2.77 bits per heavy atom. The van der Waals surface area contributed by atoms with Crippen molar-refractivity contribution in [1.82, 2.24) is 14.8 Å². The van der Waals surface area contributed by atoms with Crippen molar-refractivity contribution in [2.75, 3.05) is 5.75 Å². The second-order valence-electron chi connectivity index (χ2n) is 4.30. The number of halogens is 1. The zero-order valence-corrected chi connectivity index (χ0v) is 14.1. The van der Waals surface area contributed by atoms with Gasteiger partial charge in [-0.3, -0.25) is 9.36 Å². The van der Waals surface area contributed by atoms with Gasteiger partial charge < -0.3 is 10.5 Å². The maximum absolute atomic E-state index is 10.9. The molecule has 2 aromatic rings. The summed E-state index contributed by atoms with van der Waals surface area (Å²) in [6, 6.07) is 7.53. The zero-order chi connectivity index (χ0) is 15.9. The number of carbonyl (C=O) groups is 1. The summed E-state index contributed by atoms with van der Waals surface area (Å²) in [5, 5.41) is 8.79. The summed E-state index contributed by atoms with van der Waals surface area (Å²) in [5.74, 6) is 1.16. The maximum Gasteiger partial charge on any atom is 0.227 e. The maximum atomic E-state index is 10.9. The topological polar surface area (TPSA) is 83.0 Å². The van der Waals surface area contributed by atoms with Gasteiger partial charge in [-0.15, -0.1) is 16.8 Å². The molecule has 0 spiro atoms. The van der Waals surface area contributed by atoms with E-state index in [0.717, 1.165) is 10.2 Å². The molecule has 6 nitrogen and oxygen atoms in total. The quantitative estimate of drug-likeness (QED) is 0.559. The summed E-state index contributed by atoms with van der Waals surface area (Å²) in [5.41, 5.74) is 5.15. The molecule has 0 aliphatic carbocycles. The van der Waals surface area contributed by atoms with Gasteiger partial charge in [0, 0.05) is 11.0 Å². The third-order valence-electron chi connectivity index (χ3n) is 2.63. The van der Waals surface area contributed by atoms with E-state index < -0.39 is 5.91 Å². The van der Waals surface area contributed by atoms with Crippen LogP contribution in [0.5, 0.6) is 5.75 Å². The predicted molar refractivity (Wildman–Crippen MR) is 88.6 cm³/mol. The Hall–Kier alpha value is -1.80. The van der Waals surface area contributed by atoms with Crippen LogP contribution in [-0.2, 0) is 17.9 Å². The van der Waals surface area contributed by atoms with Gasteiger partial charge in [0.2, 0.25) is 5.91 Å². The van der Waals surface area contributed by atoms with Crippen LogP contribution in [0.3, 0.4) is 0 Å². The molecule has 1 aromatic heterocycles. The van der Waals surface area contributed by atoms with E-state index in [1.807, 2.05) is 28.8 Å². The highest BCUT2D eigenvalue weighted by Crippen LogP contribution is 2.20. The highest BCUT2D eigenvalue weighted by Gasteiger charge is 2.13. The number of allylic oxidation sites excluding steroid dienone is 1. The fraction of sp³-hybridized carbons (Fsp3) is 0.214. The second kappa shape index (κ2) is 8.00. The van der Waals surface area contributed by atoms with Crippen molar-refractivity contribution in [3.63, 3.8) is 0 Å². The van der Waals surface area contributed by atoms with Crippen molar-refractivity contribution in [2.24, 2.45) is 5.73 Å². The van der Waals surface area contributed by atoms with Gasteiger partial charge in [-0.1, -0.05) is 33.8 Å². The number of amides is 1. The normalized spacial score (nSPS) is 10.4. The monoisotopic (exact) mass is 382 g/mol. The average Bonchev–Trinajstić information content (AvgIpc) is 2.87. The van der Waals surface area contributed by atoms with E-state index in [1.54, 1.807) is 6.08 Å². The number of rotatable bonds is 8. The molecule has 0 bridgehead atoms. The summed E-state index contributed by atoms with van der Waals surface area (Å²) in [6.07, 6.45) is 1.74. The molecule has 2 N–H and O–H groups in total. The molecule has 1 heterocycles. The first-order valence-electron chi connectivity index (χ1n) is 6.42. The average molecular weight is 383 g/mol. The first-order chi connectivity index (χ1) is 10.6. The summed E-state index contributed by atoms with van der Waals surface area (Å²) in [4.78, 5) is 10.9. The molecule has 2 rings (SSSR count). The number of hydrogen-bond donors (Lipinski definition) is 1. The number of aromatic nitrogens is 3. The molecule has 8 heteroatoms. The van der Waals surface area contributed by atoms with Crippen LogP contribution in [0.25, 0.3) is 0 Å². The van der Waals surface area contributed by atoms with Gasteiger partial charge >= 0.3 is 0 Å². The van der Waals surface area contributed by atoms with Crippen LogP contribution in [0.15, 0.2) is 46.5 Å². The van der Waals surface area contributed by atoms with E-state index in [1.165, 1.54) is 11.8 Å². The molecule has 0 aliphatic heterocycles. The lowest BCUT2D eigenvalue weighted by molar-refractivity contribution is -0.115. The zero-order valence-electron chi connectivity index (χ0n) is 11.7. The molecule has 0 radical (unpaired) electrons. The molecule has 0 fully saturated rings. The number of nitrogens with two attached hydrogens (primary N) is 1. The number of carbonyl (C=O) groups excluding carboxylic acids is 1. The van der Waals surface area contributed by atoms with Gasteiger partial charge in [0.15, 0.2) is 11.0 Å². The number of benzene rings is 1. The Kier molecular flexibility index (Phi) is 6.02. The Balaban J connectivity index is 2.07. The minimum atomic E-state index is -0.397. The van der Waals surface area contributed by atoms with Gasteiger partial charge in [-0.05, 0) is 24.3 Å². The Bertz CT molecular complexity index is 657. The minimum absolute atomic E-state index is 0.156. The molecule has 22 heavy (non-hydrogen) atoms. The smallest absolute Gasteiger partial charge is 0.227 e. The van der Waals surface area contributed by atoms with Crippen LogP contribution >= 0.6 is 27.7 Å². The largest absolute Gasteiger partial charge is 0.486 e. The van der Waals surface area contributed by atoms with E-state index in [0.29, 0.717) is 17.5 Å². The predicted octanol–water partition coefficient (Wildman–Crippen LogP) is 2.38. The van der Waals surface area contributed by atoms with E-state index in [4.69, 9.17) is 10.5 Å². The number of nitrogens with zero attached hydrogens (tertiary/aromatic N) is 3. The van der Waals surface area contributed by atoms with Gasteiger partial charge in [-0.25, -0.2) is 0 Å². The summed E-state index contributed by atoms with van der Waals surface area (Å²) >= 11 is 4.62. The third kappa shape index (κ3) is 4.60. The minimum Gasteiger partial charge on any atom is -0.486 e. The van der Waals surface area contributed by atoms with Crippen LogP contribution in [0.1, 0.15) is 5.82 Å². The summed E-state index contributed by atoms with van der Waals surface area (Å²) < 4.78 is 8.53. The standard InChI is InChI=1S/C14H15BrN4O2S/c1-2-7-19-13(17-18-14(19)22-9-12(16)20)8-21-11-5-3-10(15)4-6-11/h2-6H,1,7-9H2,(H2,16,20). The molecule has 1 amide bonds. The van der Waals surface area contributed by atoms with Gasteiger partial charge in [-0.2, -0.15) is 0 Å². The SMILES string of the molecule is C=CCn1c(COc2ccc(Br)cc2)nnc1SCC(N)=O. The van der Waals surface area contributed by atoms with Crippen molar-refractivity contribution >= 4 is 33.6 Å². The molecule has 0 aliphatic rings. The lowest BCUT2D eigenvalue weighted by Crippen LogP contribution is -2.14. The van der Waals surface area contributed by atoms with Crippen LogP contribution < -0.4 is 10.5 Å². The fourth-order valence-corrected chi connectivity index (χ4v) is 2.63. The number of ether oxygens (including phenoxy) is 1. The molecular formula is C14H15BrN4O2S. The van der Waals surface area contributed by atoms with Crippen LogP contribution in [0, 0.1) is 0 Å². The van der Waals surface area contributed by atoms with Crippen molar-refractivity contribution in [3.05, 3.63) is 47.2 Å². The summed E-state index contributed by atoms with van der Waals surface area (Å²) in [7, 11) is 0. The highest BCUT2D eigenvalue weighted by atomic mass is 79.9. The van der Waals surface area contributed by atoms with Crippen LogP contribution in [-0.4, -0.2) is 26.4 Å². The Morgan fingerprint density at radius 1 is 1.41 bits per heavy atom. The van der Waals surface area contributed by atoms with Crippen molar-refractivity contribution in [1.29, 1.82) is 0 Å². The summed E-state index contributed by atoms with van der Waals surface area (Å²) in [6.45, 7) is 4.53. The number of hydrogen-bond acceptors (Lipinski definition) is 5. The molecule has 0 unspecified atom stereocenters. The molecule has 0 saturated carbocycles. The second-order valence-corrected chi connectivity index (χ2v) is 6.15. The first-order valence-corrected chi connectivity index (χ1v) is 8.20. The highest BCUT2D eigenvalue weighted by molar-refractivity contribution is 9.10. The van der Waals surface area contributed by atoms with Gasteiger partial charge in [0.1, 0.15) is 12.4 Å². The number of primary amides is 1. The van der Waals surface area contributed by atoms with Crippen molar-refractivity contribution < 1.29 is 9.53 Å². The first kappa shape index (κ1) is 16.6. The number of thioether (sulfide) groups is 1. The van der Waals surface area contributed by atoms with E-state index in [2.05, 4.69) is 32.7 Å². The van der Waals surface area contributed by atoms with E-state index in [-0.39, 0.29) is 12.4 Å².